The maximum Gasteiger partial charge on any atom is 0.267 e. The smallest absolute Gasteiger partial charge is 0.267 e. The second-order valence-electron chi connectivity index (χ2n) is 7.28. The number of aryl methyl sites for hydroxylation is 1. The van der Waals surface area contributed by atoms with Crippen molar-refractivity contribution in [2.24, 2.45) is 7.05 Å². The molecule has 1 unspecified atom stereocenters. The van der Waals surface area contributed by atoms with Gasteiger partial charge in [-0.1, -0.05) is 36.4 Å². The van der Waals surface area contributed by atoms with Gasteiger partial charge in [-0.15, -0.1) is 0 Å². The highest BCUT2D eigenvalue weighted by Gasteiger charge is 2.24. The zero-order valence-corrected chi connectivity index (χ0v) is 17.0. The summed E-state index contributed by atoms with van der Waals surface area (Å²) in [4.78, 5) is 24.3. The molecule has 0 spiro atoms. The van der Waals surface area contributed by atoms with Crippen molar-refractivity contribution in [2.45, 2.75) is 19.4 Å². The minimum atomic E-state index is -0.266. The molecule has 6 heteroatoms. The summed E-state index contributed by atoms with van der Waals surface area (Å²) in [5, 5.41) is 7.76. The molecule has 0 radical (unpaired) electrons. The molecule has 1 N–H and O–H groups in total. The molecule has 0 bridgehead atoms. The van der Waals surface area contributed by atoms with Crippen LogP contribution in [-0.4, -0.2) is 28.2 Å². The first-order valence-corrected chi connectivity index (χ1v) is 9.87. The van der Waals surface area contributed by atoms with Gasteiger partial charge in [-0.25, -0.2) is 4.68 Å². The predicted octanol–water partition coefficient (Wildman–Crippen LogP) is 3.57. The van der Waals surface area contributed by atoms with Crippen LogP contribution in [0.25, 0.3) is 16.8 Å². The number of nitrogens with zero attached hydrogens (tertiary/aromatic N) is 2. The summed E-state index contributed by atoms with van der Waals surface area (Å²) in [5.41, 5.74) is 2.90. The normalized spacial score (nSPS) is 16.1. The number of rotatable bonds is 5. The third-order valence-electron chi connectivity index (χ3n) is 5.18. The number of Topliss-reactive ketones (excluding diaryl/α,β-unsaturated/α-hetero) is 1. The Bertz CT molecular complexity index is 1170. The molecule has 6 nitrogen and oxygen atoms in total. The van der Waals surface area contributed by atoms with E-state index < -0.39 is 0 Å². The Hall–Kier alpha value is -3.51. The molecule has 2 aromatic carbocycles. The van der Waals surface area contributed by atoms with Gasteiger partial charge in [0.05, 0.1) is 6.04 Å². The molecule has 0 aliphatic carbocycles. The lowest BCUT2D eigenvalue weighted by Crippen LogP contribution is -2.38. The number of ether oxygens (including phenoxy) is 1. The van der Waals surface area contributed by atoms with E-state index in [4.69, 9.17) is 4.74 Å². The molecule has 1 aliphatic heterocycles. The number of hydrogen-bond donors (Lipinski definition) is 1. The minimum Gasteiger partial charge on any atom is -0.457 e. The number of para-hydroxylation sites is 2. The summed E-state index contributed by atoms with van der Waals surface area (Å²) in [6.45, 7) is 2.14. The fourth-order valence-corrected chi connectivity index (χ4v) is 3.56. The van der Waals surface area contributed by atoms with Crippen LogP contribution in [0.15, 0.2) is 71.5 Å². The van der Waals surface area contributed by atoms with Crippen LogP contribution in [0.1, 0.15) is 18.9 Å². The Morgan fingerprint density at radius 2 is 1.83 bits per heavy atom. The number of carbonyl (C=O) groups excluding carboxylic acids is 1. The second kappa shape index (κ2) is 8.47. The van der Waals surface area contributed by atoms with Crippen LogP contribution in [0.3, 0.4) is 0 Å². The van der Waals surface area contributed by atoms with E-state index in [1.807, 2.05) is 60.7 Å². The molecular formula is C24H23N3O3. The Balaban J connectivity index is 1.83. The van der Waals surface area contributed by atoms with Gasteiger partial charge in [-0.3, -0.25) is 9.59 Å². The number of benzene rings is 2. The Labute approximate surface area is 174 Å². The largest absolute Gasteiger partial charge is 0.457 e. The highest BCUT2D eigenvalue weighted by molar-refractivity contribution is 5.87. The molecule has 1 aliphatic rings. The number of carbonyl (C=O) groups is 1. The first-order chi connectivity index (χ1) is 14.5. The van der Waals surface area contributed by atoms with Crippen LogP contribution in [0.5, 0.6) is 11.5 Å². The van der Waals surface area contributed by atoms with Crippen molar-refractivity contribution in [3.63, 3.8) is 0 Å². The lowest BCUT2D eigenvalue weighted by atomic mass is 9.91. The highest BCUT2D eigenvalue weighted by atomic mass is 16.5. The van der Waals surface area contributed by atoms with Crippen molar-refractivity contribution < 1.29 is 9.53 Å². The zero-order chi connectivity index (χ0) is 21.1. The van der Waals surface area contributed by atoms with E-state index in [-0.39, 0.29) is 17.4 Å². The van der Waals surface area contributed by atoms with Crippen molar-refractivity contribution in [2.75, 3.05) is 6.54 Å². The molecule has 0 amide bonds. The van der Waals surface area contributed by atoms with Gasteiger partial charge in [0.15, 0.2) is 0 Å². The van der Waals surface area contributed by atoms with Crippen LogP contribution in [0.2, 0.25) is 0 Å². The van der Waals surface area contributed by atoms with Gasteiger partial charge in [-0.2, -0.15) is 5.10 Å². The number of ketones is 1. The van der Waals surface area contributed by atoms with E-state index in [0.29, 0.717) is 30.2 Å². The van der Waals surface area contributed by atoms with Crippen molar-refractivity contribution in [3.05, 3.63) is 82.7 Å². The quantitative estimate of drug-likeness (QED) is 0.708. The summed E-state index contributed by atoms with van der Waals surface area (Å²) in [5.74, 6) is 1.44. The maximum atomic E-state index is 12.4. The molecule has 4 rings (SSSR count). The van der Waals surface area contributed by atoms with Gasteiger partial charge in [0.2, 0.25) is 0 Å². The fourth-order valence-electron chi connectivity index (χ4n) is 3.56. The highest BCUT2D eigenvalue weighted by Crippen LogP contribution is 2.36. The first kappa shape index (κ1) is 19.8. The number of aromatic nitrogens is 2. The third-order valence-corrected chi connectivity index (χ3v) is 5.18. The molecule has 3 aromatic rings. The van der Waals surface area contributed by atoms with Crippen LogP contribution in [0.4, 0.5) is 0 Å². The number of hydrogen-bond acceptors (Lipinski definition) is 5. The average molecular weight is 401 g/mol. The topological polar surface area (TPSA) is 73.2 Å². The van der Waals surface area contributed by atoms with E-state index in [9.17, 15) is 9.59 Å². The molecular weight excluding hydrogens is 378 g/mol. The van der Waals surface area contributed by atoms with Crippen molar-refractivity contribution in [3.8, 4) is 22.8 Å². The lowest BCUT2D eigenvalue weighted by molar-refractivity contribution is -0.118. The van der Waals surface area contributed by atoms with Gasteiger partial charge in [0.1, 0.15) is 23.0 Å². The minimum absolute atomic E-state index is 0.0757. The van der Waals surface area contributed by atoms with Gasteiger partial charge in [-0.05, 0) is 43.2 Å². The molecule has 2 heterocycles. The summed E-state index contributed by atoms with van der Waals surface area (Å²) in [7, 11) is 1.63. The summed E-state index contributed by atoms with van der Waals surface area (Å²) in [6.07, 6.45) is 2.53. The molecule has 0 fully saturated rings. The summed E-state index contributed by atoms with van der Waals surface area (Å²) in [6, 6.07) is 18.5. The van der Waals surface area contributed by atoms with Crippen molar-refractivity contribution >= 4 is 11.4 Å². The summed E-state index contributed by atoms with van der Waals surface area (Å²) < 4.78 is 7.44. The summed E-state index contributed by atoms with van der Waals surface area (Å²) >= 11 is 0. The Kier molecular flexibility index (Phi) is 5.59. The molecule has 30 heavy (non-hydrogen) atoms. The fraction of sp³-hybridized carbons (Fsp3) is 0.208. The van der Waals surface area contributed by atoms with E-state index in [0.717, 1.165) is 16.7 Å². The van der Waals surface area contributed by atoms with E-state index in [2.05, 4.69) is 10.4 Å². The SMILES string of the molecule is CC(=O)C1CC(c2cc(=O)n(C)nc2-c2ccccc2Oc2ccccc2)=CCN1. The standard InChI is InChI=1S/C24H23N3O3/c1-16(28)21-14-17(12-13-25-21)20-15-23(29)27(2)26-24(20)19-10-6-7-11-22(19)30-18-8-4-3-5-9-18/h3-12,15,21,25H,13-14H2,1-2H3. The molecule has 152 valence electrons. The predicted molar refractivity (Wildman–Crippen MR) is 116 cm³/mol. The Morgan fingerprint density at radius 3 is 2.60 bits per heavy atom. The monoisotopic (exact) mass is 401 g/mol. The van der Waals surface area contributed by atoms with E-state index in [1.54, 1.807) is 20.0 Å². The van der Waals surface area contributed by atoms with E-state index >= 15 is 0 Å². The van der Waals surface area contributed by atoms with Gasteiger partial charge >= 0.3 is 0 Å². The maximum absolute atomic E-state index is 12.4. The van der Waals surface area contributed by atoms with Crippen LogP contribution >= 0.6 is 0 Å². The van der Waals surface area contributed by atoms with Crippen molar-refractivity contribution in [1.29, 1.82) is 0 Å². The van der Waals surface area contributed by atoms with Gasteiger partial charge in [0, 0.05) is 30.8 Å². The third kappa shape index (κ3) is 4.09. The molecule has 1 atom stereocenters. The first-order valence-electron chi connectivity index (χ1n) is 9.87. The van der Waals surface area contributed by atoms with Crippen molar-refractivity contribution in [1.82, 2.24) is 15.1 Å². The second-order valence-corrected chi connectivity index (χ2v) is 7.28. The van der Waals surface area contributed by atoms with Gasteiger partial charge in [0.25, 0.3) is 5.56 Å². The average Bonchev–Trinajstić information content (AvgIpc) is 2.76. The lowest BCUT2D eigenvalue weighted by Gasteiger charge is -2.24. The van der Waals surface area contributed by atoms with Crippen LogP contribution in [0, 0.1) is 0 Å². The van der Waals surface area contributed by atoms with Crippen LogP contribution < -0.4 is 15.6 Å². The molecule has 0 saturated carbocycles. The van der Waals surface area contributed by atoms with Gasteiger partial charge < -0.3 is 10.1 Å². The zero-order valence-electron chi connectivity index (χ0n) is 17.0. The molecule has 0 saturated heterocycles. The van der Waals surface area contributed by atoms with Crippen LogP contribution in [-0.2, 0) is 11.8 Å². The number of nitrogens with one attached hydrogen (secondary N) is 1. The molecule has 1 aromatic heterocycles. The Morgan fingerprint density at radius 1 is 1.10 bits per heavy atom. The van der Waals surface area contributed by atoms with E-state index in [1.165, 1.54) is 4.68 Å².